The second-order valence-corrected chi connectivity index (χ2v) is 6.52. The van der Waals surface area contributed by atoms with Gasteiger partial charge < -0.3 is 29.5 Å². The van der Waals surface area contributed by atoms with Gasteiger partial charge in [-0.1, -0.05) is 12.1 Å². The SMILES string of the molecule is CCNC(=NCC(O)c1cc(OC)ccc1OC)N(C)CCOc1ccccc1F.I. The summed E-state index contributed by atoms with van der Waals surface area (Å²) in [5, 5.41) is 13.8. The van der Waals surface area contributed by atoms with E-state index in [1.807, 2.05) is 18.9 Å². The van der Waals surface area contributed by atoms with Crippen LogP contribution in [-0.4, -0.2) is 63.5 Å². The smallest absolute Gasteiger partial charge is 0.193 e. The molecule has 31 heavy (non-hydrogen) atoms. The van der Waals surface area contributed by atoms with E-state index >= 15 is 0 Å². The number of rotatable bonds is 10. The van der Waals surface area contributed by atoms with E-state index in [1.165, 1.54) is 6.07 Å². The molecule has 2 rings (SSSR count). The van der Waals surface area contributed by atoms with Crippen LogP contribution in [-0.2, 0) is 0 Å². The Kier molecular flexibility index (Phi) is 12.0. The molecule has 0 fully saturated rings. The highest BCUT2D eigenvalue weighted by atomic mass is 127. The van der Waals surface area contributed by atoms with Gasteiger partial charge in [0, 0.05) is 19.2 Å². The fraction of sp³-hybridized carbons (Fsp3) is 0.409. The number of aliphatic hydroxyl groups excluding tert-OH is 1. The van der Waals surface area contributed by atoms with E-state index in [9.17, 15) is 9.50 Å². The minimum absolute atomic E-state index is 0. The second kappa shape index (κ2) is 13.9. The molecule has 0 heterocycles. The lowest BCUT2D eigenvalue weighted by atomic mass is 10.1. The van der Waals surface area contributed by atoms with Crippen molar-refractivity contribution in [3.8, 4) is 17.2 Å². The number of aliphatic imine (C=N–C) groups is 1. The number of hydrogen-bond acceptors (Lipinski definition) is 5. The maximum atomic E-state index is 13.7. The number of guanidine groups is 1. The summed E-state index contributed by atoms with van der Waals surface area (Å²) < 4.78 is 29.7. The first kappa shape index (κ1) is 26.8. The van der Waals surface area contributed by atoms with Gasteiger partial charge in [0.2, 0.25) is 0 Å². The molecule has 0 aliphatic rings. The molecular formula is C22H31FIN3O4. The molecule has 0 aromatic heterocycles. The van der Waals surface area contributed by atoms with Crippen molar-refractivity contribution in [1.29, 1.82) is 0 Å². The minimum Gasteiger partial charge on any atom is -0.497 e. The number of nitrogens with zero attached hydrogens (tertiary/aromatic N) is 2. The van der Waals surface area contributed by atoms with Crippen LogP contribution in [0.2, 0.25) is 0 Å². The van der Waals surface area contributed by atoms with Gasteiger partial charge in [0.25, 0.3) is 0 Å². The quantitative estimate of drug-likeness (QED) is 0.270. The average Bonchev–Trinajstić information content (AvgIpc) is 2.77. The van der Waals surface area contributed by atoms with Crippen LogP contribution >= 0.6 is 24.0 Å². The van der Waals surface area contributed by atoms with Crippen LogP contribution in [0.25, 0.3) is 0 Å². The molecule has 0 aliphatic carbocycles. The highest BCUT2D eigenvalue weighted by Crippen LogP contribution is 2.29. The Hall–Kier alpha value is -2.27. The summed E-state index contributed by atoms with van der Waals surface area (Å²) in [6.07, 6.45) is -0.869. The zero-order chi connectivity index (χ0) is 21.9. The van der Waals surface area contributed by atoms with Gasteiger partial charge >= 0.3 is 0 Å². The first-order valence-electron chi connectivity index (χ1n) is 9.76. The van der Waals surface area contributed by atoms with Gasteiger partial charge in [0.05, 0.1) is 27.3 Å². The normalized spacial score (nSPS) is 11.9. The van der Waals surface area contributed by atoms with Gasteiger partial charge in [-0.15, -0.1) is 24.0 Å². The molecule has 9 heteroatoms. The molecule has 1 atom stereocenters. The standard InChI is InChI=1S/C22H30FN3O4.HI/c1-5-24-22(26(2)12-13-30-21-9-7-6-8-18(21)23)25-15-19(27)17-14-16(28-3)10-11-20(17)29-4;/h6-11,14,19,27H,5,12-13,15H2,1-4H3,(H,24,25);1H. The van der Waals surface area contributed by atoms with E-state index < -0.39 is 11.9 Å². The van der Waals surface area contributed by atoms with Crippen molar-refractivity contribution in [1.82, 2.24) is 10.2 Å². The number of para-hydroxylation sites is 1. The lowest BCUT2D eigenvalue weighted by Gasteiger charge is -2.23. The molecule has 2 N–H and O–H groups in total. The van der Waals surface area contributed by atoms with Crippen LogP contribution in [0.3, 0.4) is 0 Å². The van der Waals surface area contributed by atoms with E-state index in [2.05, 4.69) is 10.3 Å². The second-order valence-electron chi connectivity index (χ2n) is 6.52. The summed E-state index contributed by atoms with van der Waals surface area (Å²) in [5.41, 5.74) is 0.599. The summed E-state index contributed by atoms with van der Waals surface area (Å²) in [6, 6.07) is 11.5. The summed E-state index contributed by atoms with van der Waals surface area (Å²) in [5.74, 6) is 1.62. The predicted octanol–water partition coefficient (Wildman–Crippen LogP) is 3.47. The zero-order valence-electron chi connectivity index (χ0n) is 18.3. The summed E-state index contributed by atoms with van der Waals surface area (Å²) in [7, 11) is 4.97. The van der Waals surface area contributed by atoms with Crippen molar-refractivity contribution in [2.24, 2.45) is 4.99 Å². The fourth-order valence-electron chi connectivity index (χ4n) is 2.80. The Balaban J connectivity index is 0.00000480. The third kappa shape index (κ3) is 8.06. The van der Waals surface area contributed by atoms with E-state index in [4.69, 9.17) is 14.2 Å². The van der Waals surface area contributed by atoms with Crippen LogP contribution in [0.15, 0.2) is 47.5 Å². The van der Waals surface area contributed by atoms with Gasteiger partial charge in [0.1, 0.15) is 24.2 Å². The third-order valence-corrected chi connectivity index (χ3v) is 4.43. The van der Waals surface area contributed by atoms with Gasteiger partial charge in [-0.2, -0.15) is 0 Å². The van der Waals surface area contributed by atoms with Crippen molar-refractivity contribution < 1.29 is 23.7 Å². The van der Waals surface area contributed by atoms with E-state index in [1.54, 1.807) is 50.6 Å². The van der Waals surface area contributed by atoms with E-state index in [0.717, 1.165) is 0 Å². The molecule has 2 aromatic rings. The minimum atomic E-state index is -0.869. The maximum absolute atomic E-state index is 13.7. The highest BCUT2D eigenvalue weighted by molar-refractivity contribution is 14.0. The number of hydrogen-bond donors (Lipinski definition) is 2. The molecule has 7 nitrogen and oxygen atoms in total. The van der Waals surface area contributed by atoms with Gasteiger partial charge in [0.15, 0.2) is 17.5 Å². The molecular weight excluding hydrogens is 516 g/mol. The fourth-order valence-corrected chi connectivity index (χ4v) is 2.80. The molecule has 0 radical (unpaired) electrons. The van der Waals surface area contributed by atoms with Crippen molar-refractivity contribution in [3.05, 3.63) is 53.8 Å². The molecule has 1 unspecified atom stereocenters. The van der Waals surface area contributed by atoms with Crippen molar-refractivity contribution >= 4 is 29.9 Å². The van der Waals surface area contributed by atoms with E-state index in [0.29, 0.717) is 36.1 Å². The number of halogens is 2. The zero-order valence-corrected chi connectivity index (χ0v) is 20.6. The number of nitrogens with one attached hydrogen (secondary N) is 1. The number of benzene rings is 2. The van der Waals surface area contributed by atoms with Crippen molar-refractivity contribution in [2.45, 2.75) is 13.0 Å². The van der Waals surface area contributed by atoms with Crippen LogP contribution in [0.5, 0.6) is 17.2 Å². The molecule has 0 spiro atoms. The molecule has 0 aliphatic heterocycles. The predicted molar refractivity (Wildman–Crippen MR) is 130 cm³/mol. The lowest BCUT2D eigenvalue weighted by molar-refractivity contribution is 0.181. The Morgan fingerprint density at radius 3 is 2.55 bits per heavy atom. The monoisotopic (exact) mass is 547 g/mol. The Labute approximate surface area is 200 Å². The maximum Gasteiger partial charge on any atom is 0.193 e. The average molecular weight is 547 g/mol. The third-order valence-electron chi connectivity index (χ3n) is 4.43. The van der Waals surface area contributed by atoms with Crippen LogP contribution < -0.4 is 19.5 Å². The number of ether oxygens (including phenoxy) is 3. The van der Waals surface area contributed by atoms with Gasteiger partial charge in [-0.25, -0.2) is 4.39 Å². The number of aliphatic hydroxyl groups is 1. The Bertz CT molecular complexity index is 838. The number of methoxy groups -OCH3 is 2. The van der Waals surface area contributed by atoms with Crippen molar-refractivity contribution in [3.63, 3.8) is 0 Å². The molecule has 2 aromatic carbocycles. The highest BCUT2D eigenvalue weighted by Gasteiger charge is 2.15. The summed E-state index contributed by atoms with van der Waals surface area (Å²) >= 11 is 0. The van der Waals surface area contributed by atoms with Gasteiger partial charge in [-0.05, 0) is 37.3 Å². The Morgan fingerprint density at radius 1 is 1.16 bits per heavy atom. The first-order valence-corrected chi connectivity index (χ1v) is 9.76. The lowest BCUT2D eigenvalue weighted by Crippen LogP contribution is -2.41. The molecule has 0 saturated carbocycles. The molecule has 0 bridgehead atoms. The topological polar surface area (TPSA) is 75.6 Å². The molecule has 172 valence electrons. The summed E-state index contributed by atoms with van der Waals surface area (Å²) in [4.78, 5) is 6.38. The van der Waals surface area contributed by atoms with Crippen LogP contribution in [0.1, 0.15) is 18.6 Å². The van der Waals surface area contributed by atoms with E-state index in [-0.39, 0.29) is 42.9 Å². The van der Waals surface area contributed by atoms with Crippen molar-refractivity contribution in [2.75, 3.05) is 47.5 Å². The van der Waals surface area contributed by atoms with Gasteiger partial charge in [-0.3, -0.25) is 4.99 Å². The number of likely N-dealkylation sites (N-methyl/N-ethyl adjacent to an activating group) is 1. The Morgan fingerprint density at radius 2 is 1.90 bits per heavy atom. The largest absolute Gasteiger partial charge is 0.497 e. The first-order chi connectivity index (χ1) is 14.5. The summed E-state index contributed by atoms with van der Waals surface area (Å²) in [6.45, 7) is 3.52. The molecule has 0 saturated heterocycles. The van der Waals surface area contributed by atoms with Crippen LogP contribution in [0, 0.1) is 5.82 Å². The van der Waals surface area contributed by atoms with Crippen LogP contribution in [0.4, 0.5) is 4.39 Å². The molecule has 0 amide bonds.